The molecule has 10 heteroatoms. The minimum absolute atomic E-state index is 0. The van der Waals surface area contributed by atoms with E-state index in [9.17, 15) is 4.79 Å². The number of rotatable bonds is 11. The van der Waals surface area contributed by atoms with Crippen LogP contribution in [0.2, 0.25) is 0 Å². The van der Waals surface area contributed by atoms with Crippen LogP contribution in [-0.2, 0) is 20.1 Å². The SMILES string of the molecule is Cl.Cl.Cl.Cn1c(=O)ccc2cc(OCCCN(CCCn3ccnc3)Cc3ccncc3)ccc21. The number of fused-ring (bicyclic) bond motifs is 1. The molecule has 190 valence electrons. The van der Waals surface area contributed by atoms with E-state index >= 15 is 0 Å². The maximum Gasteiger partial charge on any atom is 0.250 e. The Hall–Kier alpha value is -2.58. The van der Waals surface area contributed by atoms with Crippen molar-refractivity contribution in [3.8, 4) is 5.75 Å². The molecule has 0 aliphatic carbocycles. The third kappa shape index (κ3) is 8.85. The van der Waals surface area contributed by atoms with Crippen LogP contribution in [0.1, 0.15) is 18.4 Å². The molecule has 7 nitrogen and oxygen atoms in total. The molecule has 4 rings (SSSR count). The molecular weight excluding hydrogens is 509 g/mol. The highest BCUT2D eigenvalue weighted by Crippen LogP contribution is 2.19. The van der Waals surface area contributed by atoms with Gasteiger partial charge in [-0.15, -0.1) is 37.2 Å². The van der Waals surface area contributed by atoms with Crippen molar-refractivity contribution in [2.24, 2.45) is 7.05 Å². The molecule has 0 atom stereocenters. The Morgan fingerprint density at radius 1 is 0.914 bits per heavy atom. The van der Waals surface area contributed by atoms with Crippen molar-refractivity contribution < 1.29 is 4.74 Å². The van der Waals surface area contributed by atoms with Gasteiger partial charge in [0.15, 0.2) is 0 Å². The highest BCUT2D eigenvalue weighted by Gasteiger charge is 2.07. The highest BCUT2D eigenvalue weighted by molar-refractivity contribution is 5.86. The van der Waals surface area contributed by atoms with E-state index in [1.165, 1.54) is 5.56 Å². The number of nitrogens with zero attached hydrogens (tertiary/aromatic N) is 5. The predicted octanol–water partition coefficient (Wildman–Crippen LogP) is 4.76. The second-order valence-electron chi connectivity index (χ2n) is 7.94. The third-order valence-corrected chi connectivity index (χ3v) is 5.59. The molecule has 3 aromatic heterocycles. The van der Waals surface area contributed by atoms with Crippen LogP contribution in [0.4, 0.5) is 0 Å². The minimum atomic E-state index is -0.00602. The van der Waals surface area contributed by atoms with E-state index in [4.69, 9.17) is 4.74 Å². The summed E-state index contributed by atoms with van der Waals surface area (Å²) in [5.74, 6) is 0.831. The summed E-state index contributed by atoms with van der Waals surface area (Å²) in [4.78, 5) is 22.5. The van der Waals surface area contributed by atoms with E-state index in [-0.39, 0.29) is 42.8 Å². The molecule has 0 aliphatic heterocycles. The monoisotopic (exact) mass is 539 g/mol. The topological polar surface area (TPSA) is 65.2 Å². The van der Waals surface area contributed by atoms with Crippen LogP contribution in [0.25, 0.3) is 10.9 Å². The van der Waals surface area contributed by atoms with Gasteiger partial charge in [0.2, 0.25) is 0 Å². The fourth-order valence-corrected chi connectivity index (χ4v) is 3.84. The van der Waals surface area contributed by atoms with Crippen molar-refractivity contribution in [1.29, 1.82) is 0 Å². The molecule has 0 amide bonds. The summed E-state index contributed by atoms with van der Waals surface area (Å²) in [6, 6.07) is 13.5. The first-order valence-electron chi connectivity index (χ1n) is 11.0. The zero-order valence-electron chi connectivity index (χ0n) is 19.7. The lowest BCUT2D eigenvalue weighted by Gasteiger charge is -2.22. The Bertz CT molecular complexity index is 1190. The summed E-state index contributed by atoms with van der Waals surface area (Å²) in [6.45, 7) is 4.46. The number of ether oxygens (including phenoxy) is 1. The van der Waals surface area contributed by atoms with Crippen molar-refractivity contribution in [2.75, 3.05) is 19.7 Å². The highest BCUT2D eigenvalue weighted by atomic mass is 35.5. The first kappa shape index (κ1) is 30.5. The van der Waals surface area contributed by atoms with Crippen LogP contribution in [0.5, 0.6) is 5.75 Å². The van der Waals surface area contributed by atoms with Gasteiger partial charge in [0.25, 0.3) is 5.56 Å². The lowest BCUT2D eigenvalue weighted by Crippen LogP contribution is -2.27. The molecular formula is C25H32Cl3N5O2. The van der Waals surface area contributed by atoms with Crippen molar-refractivity contribution in [3.05, 3.63) is 89.5 Å². The normalized spacial score (nSPS) is 10.3. The second-order valence-corrected chi connectivity index (χ2v) is 7.94. The molecule has 0 saturated carbocycles. The van der Waals surface area contributed by atoms with Crippen LogP contribution in [-0.4, -0.2) is 43.7 Å². The van der Waals surface area contributed by atoms with Gasteiger partial charge in [0.1, 0.15) is 5.75 Å². The predicted molar refractivity (Wildman–Crippen MR) is 147 cm³/mol. The summed E-state index contributed by atoms with van der Waals surface area (Å²) in [5, 5.41) is 1.00. The standard InChI is InChI=1S/C25H29N5O2.3ClH/c1-28-24-6-5-23(18-22(24)4-7-25(28)31)32-17-3-15-29(19-21-8-10-26-11-9-21)13-2-14-30-16-12-27-20-30;;;/h4-12,16,18,20H,2-3,13-15,17,19H2,1H3;3*1H. The molecule has 0 radical (unpaired) electrons. The van der Waals surface area contributed by atoms with E-state index in [0.29, 0.717) is 6.61 Å². The van der Waals surface area contributed by atoms with Gasteiger partial charge in [-0.1, -0.05) is 0 Å². The van der Waals surface area contributed by atoms with Gasteiger partial charge in [-0.2, -0.15) is 0 Å². The first-order chi connectivity index (χ1) is 15.7. The third-order valence-electron chi connectivity index (χ3n) is 5.59. The zero-order valence-corrected chi connectivity index (χ0v) is 22.1. The number of benzene rings is 1. The van der Waals surface area contributed by atoms with Crippen LogP contribution in [0, 0.1) is 0 Å². The zero-order chi connectivity index (χ0) is 22.2. The Morgan fingerprint density at radius 3 is 2.43 bits per heavy atom. The molecule has 0 unspecified atom stereocenters. The molecule has 1 aromatic carbocycles. The fourth-order valence-electron chi connectivity index (χ4n) is 3.84. The van der Waals surface area contributed by atoms with Crippen LogP contribution in [0.3, 0.4) is 0 Å². The van der Waals surface area contributed by atoms with Gasteiger partial charge in [-0.05, 0) is 54.8 Å². The number of aryl methyl sites for hydroxylation is 2. The number of hydrogen-bond acceptors (Lipinski definition) is 5. The second kappa shape index (κ2) is 15.4. The Balaban J connectivity index is 0.00000204. The number of aromatic nitrogens is 4. The summed E-state index contributed by atoms with van der Waals surface area (Å²) in [5.41, 5.74) is 2.17. The van der Waals surface area contributed by atoms with Crippen molar-refractivity contribution in [2.45, 2.75) is 25.9 Å². The first-order valence-corrected chi connectivity index (χ1v) is 11.0. The van der Waals surface area contributed by atoms with Gasteiger partial charge in [-0.25, -0.2) is 4.98 Å². The minimum Gasteiger partial charge on any atom is -0.494 e. The van der Waals surface area contributed by atoms with E-state index < -0.39 is 0 Å². The molecule has 0 fully saturated rings. The number of halogens is 3. The van der Waals surface area contributed by atoms with Crippen LogP contribution < -0.4 is 10.3 Å². The van der Waals surface area contributed by atoms with E-state index in [1.807, 2.05) is 55.4 Å². The van der Waals surface area contributed by atoms with Crippen molar-refractivity contribution in [1.82, 2.24) is 24.0 Å². The van der Waals surface area contributed by atoms with Gasteiger partial charge >= 0.3 is 0 Å². The van der Waals surface area contributed by atoms with Crippen molar-refractivity contribution >= 4 is 48.1 Å². The van der Waals surface area contributed by atoms with Gasteiger partial charge < -0.3 is 13.9 Å². The van der Waals surface area contributed by atoms with Gasteiger partial charge in [-0.3, -0.25) is 14.7 Å². The molecule has 4 aromatic rings. The van der Waals surface area contributed by atoms with Crippen LogP contribution in [0.15, 0.2) is 78.4 Å². The average Bonchev–Trinajstić information content (AvgIpc) is 3.33. The number of pyridine rings is 2. The quantitative estimate of drug-likeness (QED) is 0.257. The fraction of sp³-hybridized carbons (Fsp3) is 0.320. The van der Waals surface area contributed by atoms with E-state index in [2.05, 4.69) is 31.6 Å². The number of hydrogen-bond donors (Lipinski definition) is 0. The molecule has 3 heterocycles. The lowest BCUT2D eigenvalue weighted by atomic mass is 10.2. The smallest absolute Gasteiger partial charge is 0.250 e. The molecule has 0 aliphatic rings. The molecule has 0 spiro atoms. The van der Waals surface area contributed by atoms with Crippen LogP contribution >= 0.6 is 37.2 Å². The van der Waals surface area contributed by atoms with E-state index in [0.717, 1.165) is 55.7 Å². The Kier molecular flexibility index (Phi) is 13.4. The molecule has 0 bridgehead atoms. The van der Waals surface area contributed by atoms with Crippen molar-refractivity contribution in [3.63, 3.8) is 0 Å². The average molecular weight is 541 g/mol. The van der Waals surface area contributed by atoms with E-state index in [1.54, 1.807) is 17.7 Å². The Labute approximate surface area is 224 Å². The molecule has 35 heavy (non-hydrogen) atoms. The lowest BCUT2D eigenvalue weighted by molar-refractivity contribution is 0.223. The Morgan fingerprint density at radius 2 is 1.69 bits per heavy atom. The van der Waals surface area contributed by atoms with Gasteiger partial charge in [0.05, 0.1) is 18.5 Å². The summed E-state index contributed by atoms with van der Waals surface area (Å²) >= 11 is 0. The largest absolute Gasteiger partial charge is 0.494 e. The summed E-state index contributed by atoms with van der Waals surface area (Å²) in [6.07, 6.45) is 11.4. The number of imidazole rings is 1. The molecule has 0 N–H and O–H groups in total. The molecule has 0 saturated heterocycles. The maximum atomic E-state index is 11.8. The summed E-state index contributed by atoms with van der Waals surface area (Å²) < 4.78 is 9.78. The van der Waals surface area contributed by atoms with Gasteiger partial charge in [0, 0.05) is 69.5 Å². The summed E-state index contributed by atoms with van der Waals surface area (Å²) in [7, 11) is 1.79. The maximum absolute atomic E-state index is 11.8.